The van der Waals surface area contributed by atoms with E-state index in [9.17, 15) is 14.4 Å². The van der Waals surface area contributed by atoms with Crippen LogP contribution in [0.1, 0.15) is 37.5 Å². The van der Waals surface area contributed by atoms with Gasteiger partial charge in [-0.15, -0.1) is 0 Å². The first-order valence-corrected chi connectivity index (χ1v) is 8.07. The zero-order valence-electron chi connectivity index (χ0n) is 13.2. The number of nitrogens with one attached hydrogen (secondary N) is 1. The van der Waals surface area contributed by atoms with Crippen LogP contribution in [0.2, 0.25) is 5.02 Å². The number of benzene rings is 2. The molecule has 2 aromatic rings. The topological polar surface area (TPSA) is 86.7 Å². The van der Waals surface area contributed by atoms with Crippen molar-refractivity contribution < 1.29 is 19.5 Å². The van der Waals surface area contributed by atoms with Gasteiger partial charge in [-0.2, -0.15) is 0 Å². The summed E-state index contributed by atoms with van der Waals surface area (Å²) in [5.74, 6) is -1.87. The third-order valence-electron chi connectivity index (χ3n) is 4.00. The summed E-state index contributed by atoms with van der Waals surface area (Å²) < 4.78 is 0. The number of carboxylic acid groups (broad SMARTS) is 1. The largest absolute Gasteiger partial charge is 0.478 e. The monoisotopic (exact) mass is 358 g/mol. The second kappa shape index (κ2) is 6.94. The van der Waals surface area contributed by atoms with E-state index in [1.54, 1.807) is 29.2 Å². The van der Waals surface area contributed by atoms with Gasteiger partial charge in [0.1, 0.15) is 0 Å². The number of hydrogen-bond acceptors (Lipinski definition) is 3. The lowest BCUT2D eigenvalue weighted by molar-refractivity contribution is 0.0650. The first-order valence-electron chi connectivity index (χ1n) is 7.70. The van der Waals surface area contributed by atoms with Crippen LogP contribution in [0.25, 0.3) is 0 Å². The van der Waals surface area contributed by atoms with Crippen LogP contribution in [0.15, 0.2) is 42.5 Å². The Kier molecular flexibility index (Phi) is 4.72. The molecule has 6 nitrogen and oxygen atoms in total. The summed E-state index contributed by atoms with van der Waals surface area (Å²) >= 11 is 6.17. The Morgan fingerprint density at radius 1 is 1.00 bits per heavy atom. The molecule has 2 amide bonds. The molecule has 128 valence electrons. The summed E-state index contributed by atoms with van der Waals surface area (Å²) in [5.41, 5.74) is 0.725. The lowest BCUT2D eigenvalue weighted by atomic mass is 10.1. The molecular weight excluding hydrogens is 344 g/mol. The first kappa shape index (κ1) is 17.0. The standard InChI is InChI=1S/C18H15ClN2O4/c19-15-10-11(6-7-14(15)17(23)21-8-3-9-21)20-16(22)12-4-1-2-5-13(12)18(24)25/h1-2,4-7,10H,3,8-9H2,(H,20,22)(H,24,25). The minimum absolute atomic E-state index is 0.0480. The van der Waals surface area contributed by atoms with Crippen LogP contribution in [-0.4, -0.2) is 40.9 Å². The minimum atomic E-state index is -1.18. The molecule has 0 atom stereocenters. The number of halogens is 1. The highest BCUT2D eigenvalue weighted by Gasteiger charge is 2.23. The fourth-order valence-corrected chi connectivity index (χ4v) is 2.78. The fourth-order valence-electron chi connectivity index (χ4n) is 2.52. The molecule has 25 heavy (non-hydrogen) atoms. The van der Waals surface area contributed by atoms with Crippen molar-refractivity contribution in [3.63, 3.8) is 0 Å². The maximum Gasteiger partial charge on any atom is 0.336 e. The summed E-state index contributed by atoms with van der Waals surface area (Å²) in [4.78, 5) is 37.5. The third kappa shape index (κ3) is 3.49. The number of nitrogens with zero attached hydrogens (tertiary/aromatic N) is 1. The van der Waals surface area contributed by atoms with Gasteiger partial charge in [0.05, 0.1) is 21.7 Å². The summed E-state index contributed by atoms with van der Waals surface area (Å²) in [6.45, 7) is 1.44. The van der Waals surface area contributed by atoms with E-state index in [1.807, 2.05) is 0 Å². The molecule has 0 radical (unpaired) electrons. The molecule has 1 aliphatic heterocycles. The van der Waals surface area contributed by atoms with Crippen LogP contribution >= 0.6 is 11.6 Å². The molecule has 1 saturated heterocycles. The van der Waals surface area contributed by atoms with Gasteiger partial charge < -0.3 is 15.3 Å². The predicted octanol–water partition coefficient (Wildman–Crippen LogP) is 3.14. The Morgan fingerprint density at radius 3 is 2.24 bits per heavy atom. The smallest absolute Gasteiger partial charge is 0.336 e. The molecule has 3 rings (SSSR count). The molecule has 2 aromatic carbocycles. The second-order valence-electron chi connectivity index (χ2n) is 5.65. The van der Waals surface area contributed by atoms with E-state index in [2.05, 4.69) is 5.32 Å². The molecule has 1 fully saturated rings. The molecular formula is C18H15ClN2O4. The van der Waals surface area contributed by atoms with Crippen LogP contribution < -0.4 is 5.32 Å². The number of anilines is 1. The van der Waals surface area contributed by atoms with Gasteiger partial charge in [-0.1, -0.05) is 23.7 Å². The van der Waals surface area contributed by atoms with Crippen molar-refractivity contribution in [2.45, 2.75) is 6.42 Å². The van der Waals surface area contributed by atoms with Gasteiger partial charge in [0.25, 0.3) is 11.8 Å². The van der Waals surface area contributed by atoms with Gasteiger partial charge in [-0.05, 0) is 36.8 Å². The predicted molar refractivity (Wildman–Crippen MR) is 93.3 cm³/mol. The van der Waals surface area contributed by atoms with Crippen LogP contribution in [-0.2, 0) is 0 Å². The van der Waals surface area contributed by atoms with E-state index < -0.39 is 11.9 Å². The van der Waals surface area contributed by atoms with Crippen molar-refractivity contribution in [1.82, 2.24) is 4.90 Å². The van der Waals surface area contributed by atoms with Crippen LogP contribution in [0.5, 0.6) is 0 Å². The Labute approximate surface area is 149 Å². The average Bonchev–Trinajstić information content (AvgIpc) is 2.53. The molecule has 2 N–H and O–H groups in total. The number of carboxylic acids is 1. The lowest BCUT2D eigenvalue weighted by Gasteiger charge is -2.31. The van der Waals surface area contributed by atoms with E-state index in [0.717, 1.165) is 19.5 Å². The number of amides is 2. The molecule has 0 unspecified atom stereocenters. The maximum absolute atomic E-state index is 12.3. The van der Waals surface area contributed by atoms with Crippen LogP contribution in [0.4, 0.5) is 5.69 Å². The van der Waals surface area contributed by atoms with E-state index in [1.165, 1.54) is 18.2 Å². The van der Waals surface area contributed by atoms with Gasteiger partial charge in [0.2, 0.25) is 0 Å². The van der Waals surface area contributed by atoms with Crippen molar-refractivity contribution in [3.8, 4) is 0 Å². The Bertz CT molecular complexity index is 862. The lowest BCUT2D eigenvalue weighted by Crippen LogP contribution is -2.42. The van der Waals surface area contributed by atoms with Crippen LogP contribution in [0.3, 0.4) is 0 Å². The number of carbonyl (C=O) groups excluding carboxylic acids is 2. The van der Waals surface area contributed by atoms with E-state index in [0.29, 0.717) is 11.3 Å². The van der Waals surface area contributed by atoms with Gasteiger partial charge in [-0.3, -0.25) is 9.59 Å². The highest BCUT2D eigenvalue weighted by molar-refractivity contribution is 6.34. The summed E-state index contributed by atoms with van der Waals surface area (Å²) in [6.07, 6.45) is 0.987. The van der Waals surface area contributed by atoms with Crippen molar-refractivity contribution in [3.05, 3.63) is 64.2 Å². The van der Waals surface area contributed by atoms with Crippen LogP contribution in [0, 0.1) is 0 Å². The summed E-state index contributed by atoms with van der Waals surface area (Å²) in [5, 5.41) is 12.0. The second-order valence-corrected chi connectivity index (χ2v) is 6.05. The van der Waals surface area contributed by atoms with Crippen molar-refractivity contribution in [2.24, 2.45) is 0 Å². The molecule has 0 aromatic heterocycles. The van der Waals surface area contributed by atoms with Gasteiger partial charge >= 0.3 is 5.97 Å². The quantitative estimate of drug-likeness (QED) is 0.879. The highest BCUT2D eigenvalue weighted by Crippen LogP contribution is 2.24. The number of likely N-dealkylation sites (tertiary alicyclic amines) is 1. The normalized spacial score (nSPS) is 13.1. The van der Waals surface area contributed by atoms with E-state index in [-0.39, 0.29) is 22.1 Å². The highest BCUT2D eigenvalue weighted by atomic mass is 35.5. The molecule has 0 saturated carbocycles. The van der Waals surface area contributed by atoms with E-state index in [4.69, 9.17) is 16.7 Å². The Balaban J connectivity index is 1.79. The van der Waals surface area contributed by atoms with Gasteiger partial charge in [-0.25, -0.2) is 4.79 Å². The minimum Gasteiger partial charge on any atom is -0.478 e. The number of rotatable bonds is 4. The molecule has 0 spiro atoms. The number of hydrogen-bond donors (Lipinski definition) is 2. The van der Waals surface area contributed by atoms with Crippen molar-refractivity contribution in [2.75, 3.05) is 18.4 Å². The van der Waals surface area contributed by atoms with Crippen molar-refractivity contribution in [1.29, 1.82) is 0 Å². The first-order chi connectivity index (χ1) is 12.0. The van der Waals surface area contributed by atoms with Crippen molar-refractivity contribution >= 4 is 35.1 Å². The number of aromatic carboxylic acids is 1. The summed E-state index contributed by atoms with van der Waals surface area (Å²) in [6, 6.07) is 10.5. The summed E-state index contributed by atoms with van der Waals surface area (Å²) in [7, 11) is 0. The third-order valence-corrected chi connectivity index (χ3v) is 4.32. The van der Waals surface area contributed by atoms with Gasteiger partial charge in [0.15, 0.2) is 0 Å². The van der Waals surface area contributed by atoms with E-state index >= 15 is 0 Å². The fraction of sp³-hybridized carbons (Fsp3) is 0.167. The Hall–Kier alpha value is -2.86. The maximum atomic E-state index is 12.3. The molecule has 7 heteroatoms. The number of carbonyl (C=O) groups is 3. The SMILES string of the molecule is O=C(O)c1ccccc1C(=O)Nc1ccc(C(=O)N2CCC2)c(Cl)c1. The molecule has 0 bridgehead atoms. The molecule has 1 heterocycles. The zero-order chi connectivity index (χ0) is 18.0. The average molecular weight is 359 g/mol. The zero-order valence-corrected chi connectivity index (χ0v) is 13.9. The molecule has 0 aliphatic carbocycles. The van der Waals surface area contributed by atoms with Gasteiger partial charge in [0, 0.05) is 18.8 Å². The Morgan fingerprint density at radius 2 is 1.68 bits per heavy atom. The molecule has 1 aliphatic rings.